The van der Waals surface area contributed by atoms with Crippen LogP contribution in [0.2, 0.25) is 0 Å². The summed E-state index contributed by atoms with van der Waals surface area (Å²) in [5.41, 5.74) is -0.751. The SMILES string of the molecule is CC(C)C1(O)CN(C(=O)c2ccccc2F)C1. The Morgan fingerprint density at radius 3 is 2.53 bits per heavy atom. The van der Waals surface area contributed by atoms with Crippen LogP contribution in [-0.4, -0.2) is 34.6 Å². The number of hydrogen-bond donors (Lipinski definition) is 1. The lowest BCUT2D eigenvalue weighted by Gasteiger charge is -2.49. The summed E-state index contributed by atoms with van der Waals surface area (Å²) in [6, 6.07) is 5.91. The normalized spacial score (nSPS) is 18.1. The summed E-state index contributed by atoms with van der Waals surface area (Å²) in [6.45, 7) is 4.37. The molecule has 1 aromatic carbocycles. The first kappa shape index (κ1) is 12.0. The Labute approximate surface area is 99.9 Å². The van der Waals surface area contributed by atoms with E-state index in [1.165, 1.54) is 17.0 Å². The van der Waals surface area contributed by atoms with Crippen molar-refractivity contribution in [3.8, 4) is 0 Å². The molecular formula is C13H16FNO2. The molecule has 1 heterocycles. The molecule has 1 amide bonds. The molecule has 1 N–H and O–H groups in total. The van der Waals surface area contributed by atoms with Gasteiger partial charge in [-0.05, 0) is 18.1 Å². The first-order chi connectivity index (χ1) is 7.94. The standard InChI is InChI=1S/C13H16FNO2/c1-9(2)13(17)7-15(8-13)12(16)10-5-3-4-6-11(10)14/h3-6,9,17H,7-8H2,1-2H3. The number of nitrogens with zero attached hydrogens (tertiary/aromatic N) is 1. The van der Waals surface area contributed by atoms with Crippen LogP contribution in [-0.2, 0) is 0 Å². The Kier molecular flexibility index (Phi) is 2.91. The highest BCUT2D eigenvalue weighted by atomic mass is 19.1. The molecular weight excluding hydrogens is 221 g/mol. The van der Waals surface area contributed by atoms with Gasteiger partial charge in [-0.3, -0.25) is 4.79 Å². The number of halogens is 1. The van der Waals surface area contributed by atoms with Gasteiger partial charge in [0.1, 0.15) is 11.4 Å². The molecule has 3 nitrogen and oxygen atoms in total. The highest BCUT2D eigenvalue weighted by Gasteiger charge is 2.46. The monoisotopic (exact) mass is 237 g/mol. The Morgan fingerprint density at radius 2 is 2.00 bits per heavy atom. The summed E-state index contributed by atoms with van der Waals surface area (Å²) in [6.07, 6.45) is 0. The highest BCUT2D eigenvalue weighted by Crippen LogP contribution is 2.29. The zero-order chi connectivity index (χ0) is 12.6. The smallest absolute Gasteiger partial charge is 0.257 e. The van der Waals surface area contributed by atoms with Crippen LogP contribution < -0.4 is 0 Å². The van der Waals surface area contributed by atoms with E-state index in [1.807, 2.05) is 13.8 Å². The number of likely N-dealkylation sites (tertiary alicyclic amines) is 1. The molecule has 1 fully saturated rings. The van der Waals surface area contributed by atoms with E-state index in [1.54, 1.807) is 12.1 Å². The molecule has 1 aliphatic rings. The summed E-state index contributed by atoms with van der Waals surface area (Å²) < 4.78 is 13.4. The Bertz CT molecular complexity index is 439. The summed E-state index contributed by atoms with van der Waals surface area (Å²) in [4.78, 5) is 13.4. The summed E-state index contributed by atoms with van der Waals surface area (Å²) >= 11 is 0. The van der Waals surface area contributed by atoms with Crippen molar-refractivity contribution < 1.29 is 14.3 Å². The molecule has 0 spiro atoms. The number of aliphatic hydroxyl groups is 1. The van der Waals surface area contributed by atoms with Gasteiger partial charge in [0.15, 0.2) is 0 Å². The molecule has 1 saturated heterocycles. The molecule has 2 rings (SSSR count). The van der Waals surface area contributed by atoms with E-state index >= 15 is 0 Å². The van der Waals surface area contributed by atoms with Crippen LogP contribution in [0.3, 0.4) is 0 Å². The van der Waals surface area contributed by atoms with Crippen LogP contribution in [0, 0.1) is 11.7 Å². The topological polar surface area (TPSA) is 40.5 Å². The number of amides is 1. The van der Waals surface area contributed by atoms with Crippen LogP contribution in [0.25, 0.3) is 0 Å². The molecule has 0 aromatic heterocycles. The lowest BCUT2D eigenvalue weighted by Crippen LogP contribution is -2.66. The van der Waals surface area contributed by atoms with Crippen molar-refractivity contribution in [1.29, 1.82) is 0 Å². The van der Waals surface area contributed by atoms with Crippen LogP contribution >= 0.6 is 0 Å². The lowest BCUT2D eigenvalue weighted by molar-refractivity contribution is -0.111. The van der Waals surface area contributed by atoms with Crippen molar-refractivity contribution in [2.45, 2.75) is 19.4 Å². The molecule has 0 aliphatic carbocycles. The van der Waals surface area contributed by atoms with E-state index in [9.17, 15) is 14.3 Å². The fourth-order valence-electron chi connectivity index (χ4n) is 1.93. The molecule has 0 bridgehead atoms. The average Bonchev–Trinajstić information content (AvgIpc) is 2.24. The largest absolute Gasteiger partial charge is 0.386 e. The molecule has 0 saturated carbocycles. The van der Waals surface area contributed by atoms with Gasteiger partial charge in [-0.2, -0.15) is 0 Å². The predicted octanol–water partition coefficient (Wildman–Crippen LogP) is 1.67. The van der Waals surface area contributed by atoms with Crippen LogP contribution in [0.15, 0.2) is 24.3 Å². The molecule has 0 radical (unpaired) electrons. The first-order valence-electron chi connectivity index (χ1n) is 5.70. The molecule has 1 aliphatic heterocycles. The second kappa shape index (κ2) is 4.11. The van der Waals surface area contributed by atoms with Crippen LogP contribution in [0.1, 0.15) is 24.2 Å². The van der Waals surface area contributed by atoms with Gasteiger partial charge >= 0.3 is 0 Å². The average molecular weight is 237 g/mol. The van der Waals surface area contributed by atoms with Gasteiger partial charge in [0.2, 0.25) is 0 Å². The van der Waals surface area contributed by atoms with E-state index in [4.69, 9.17) is 0 Å². The summed E-state index contributed by atoms with van der Waals surface area (Å²) in [5.74, 6) is -0.780. The summed E-state index contributed by atoms with van der Waals surface area (Å²) in [7, 11) is 0. The van der Waals surface area contributed by atoms with Gasteiger partial charge < -0.3 is 10.0 Å². The van der Waals surface area contributed by atoms with Crippen molar-refractivity contribution in [1.82, 2.24) is 4.90 Å². The number of benzene rings is 1. The van der Waals surface area contributed by atoms with Gasteiger partial charge in [0, 0.05) is 0 Å². The molecule has 92 valence electrons. The zero-order valence-corrected chi connectivity index (χ0v) is 9.98. The third kappa shape index (κ3) is 2.05. The second-order valence-electron chi connectivity index (χ2n) is 4.90. The maximum Gasteiger partial charge on any atom is 0.257 e. The van der Waals surface area contributed by atoms with Crippen molar-refractivity contribution >= 4 is 5.91 Å². The number of β-amino-alcohol motifs (C(OH)–C–C–N with tert-alkyl or cyclic N) is 1. The minimum Gasteiger partial charge on any atom is -0.386 e. The Balaban J connectivity index is 2.08. The van der Waals surface area contributed by atoms with E-state index in [2.05, 4.69) is 0 Å². The van der Waals surface area contributed by atoms with Crippen molar-refractivity contribution in [2.24, 2.45) is 5.92 Å². The van der Waals surface area contributed by atoms with Gasteiger partial charge in [-0.15, -0.1) is 0 Å². The quantitative estimate of drug-likeness (QED) is 0.850. The molecule has 0 atom stereocenters. The van der Waals surface area contributed by atoms with Crippen LogP contribution in [0.5, 0.6) is 0 Å². The Hall–Kier alpha value is -1.42. The van der Waals surface area contributed by atoms with Gasteiger partial charge in [-0.1, -0.05) is 26.0 Å². The van der Waals surface area contributed by atoms with E-state index in [-0.39, 0.29) is 30.5 Å². The maximum atomic E-state index is 13.4. The third-order valence-electron chi connectivity index (χ3n) is 3.40. The van der Waals surface area contributed by atoms with E-state index < -0.39 is 11.4 Å². The maximum absolute atomic E-state index is 13.4. The fraction of sp³-hybridized carbons (Fsp3) is 0.462. The minimum absolute atomic E-state index is 0.0679. The highest BCUT2D eigenvalue weighted by molar-refractivity contribution is 5.95. The molecule has 0 unspecified atom stereocenters. The number of rotatable bonds is 2. The fourth-order valence-corrected chi connectivity index (χ4v) is 1.93. The van der Waals surface area contributed by atoms with Crippen molar-refractivity contribution in [3.63, 3.8) is 0 Å². The Morgan fingerprint density at radius 1 is 1.41 bits per heavy atom. The van der Waals surface area contributed by atoms with Crippen LogP contribution in [0.4, 0.5) is 4.39 Å². The first-order valence-corrected chi connectivity index (χ1v) is 5.70. The molecule has 17 heavy (non-hydrogen) atoms. The van der Waals surface area contributed by atoms with Gasteiger partial charge in [0.05, 0.1) is 18.7 Å². The summed E-state index contributed by atoms with van der Waals surface area (Å²) in [5, 5.41) is 10.0. The third-order valence-corrected chi connectivity index (χ3v) is 3.40. The molecule has 4 heteroatoms. The minimum atomic E-state index is -0.819. The van der Waals surface area contributed by atoms with Crippen molar-refractivity contribution in [2.75, 3.05) is 13.1 Å². The van der Waals surface area contributed by atoms with E-state index in [0.717, 1.165) is 0 Å². The number of carbonyl (C=O) groups excluding carboxylic acids is 1. The number of carbonyl (C=O) groups is 1. The lowest BCUT2D eigenvalue weighted by atomic mass is 9.82. The van der Waals surface area contributed by atoms with E-state index in [0.29, 0.717) is 0 Å². The second-order valence-corrected chi connectivity index (χ2v) is 4.90. The van der Waals surface area contributed by atoms with Gasteiger partial charge in [0.25, 0.3) is 5.91 Å². The zero-order valence-electron chi connectivity index (χ0n) is 9.98. The number of hydrogen-bond acceptors (Lipinski definition) is 2. The van der Waals surface area contributed by atoms with Gasteiger partial charge in [-0.25, -0.2) is 4.39 Å². The predicted molar refractivity (Wildman–Crippen MR) is 62.1 cm³/mol. The van der Waals surface area contributed by atoms with Crippen molar-refractivity contribution in [3.05, 3.63) is 35.6 Å². The molecule has 1 aromatic rings.